The van der Waals surface area contributed by atoms with Crippen molar-refractivity contribution < 1.29 is 13.2 Å². The first-order valence-corrected chi connectivity index (χ1v) is 7.59. The molecule has 114 valence electrons. The molecule has 0 unspecified atom stereocenters. The zero-order valence-corrected chi connectivity index (χ0v) is 13.7. The number of alkyl halides is 3. The smallest absolute Gasteiger partial charge is 0.353 e. The molecule has 0 radical (unpaired) electrons. The van der Waals surface area contributed by atoms with Crippen LogP contribution in [0.15, 0.2) is 40.9 Å². The third-order valence-electron chi connectivity index (χ3n) is 3.39. The van der Waals surface area contributed by atoms with E-state index in [4.69, 9.17) is 11.6 Å². The topological polar surface area (TPSA) is 15.8 Å². The molecular formula is C16H10BrClF3N. The Morgan fingerprint density at radius 3 is 2.45 bits per heavy atom. The van der Waals surface area contributed by atoms with Gasteiger partial charge in [0.1, 0.15) is 0 Å². The van der Waals surface area contributed by atoms with Crippen molar-refractivity contribution in [2.45, 2.75) is 13.1 Å². The summed E-state index contributed by atoms with van der Waals surface area (Å²) in [5.41, 5.74) is 2.32. The van der Waals surface area contributed by atoms with Gasteiger partial charge in [-0.2, -0.15) is 13.2 Å². The lowest BCUT2D eigenvalue weighted by Crippen LogP contribution is -2.03. The Hall–Kier alpha value is -1.46. The zero-order chi connectivity index (χ0) is 16.1. The second-order valence-corrected chi connectivity index (χ2v) is 6.38. The summed E-state index contributed by atoms with van der Waals surface area (Å²) in [6.45, 7) is 1.94. The molecule has 1 heterocycles. The highest BCUT2D eigenvalue weighted by atomic mass is 79.9. The van der Waals surface area contributed by atoms with Crippen LogP contribution in [0.4, 0.5) is 13.2 Å². The van der Waals surface area contributed by atoms with Crippen LogP contribution in [0.1, 0.15) is 11.1 Å². The molecule has 1 aromatic heterocycles. The quantitative estimate of drug-likeness (QED) is 0.485. The van der Waals surface area contributed by atoms with E-state index >= 15 is 0 Å². The van der Waals surface area contributed by atoms with Crippen molar-refractivity contribution in [1.82, 2.24) is 4.98 Å². The first-order chi connectivity index (χ1) is 10.3. The highest BCUT2D eigenvalue weighted by Gasteiger charge is 2.31. The summed E-state index contributed by atoms with van der Waals surface area (Å²) in [7, 11) is 0. The zero-order valence-electron chi connectivity index (χ0n) is 11.4. The first-order valence-electron chi connectivity index (χ1n) is 6.41. The van der Waals surface area contributed by atoms with Gasteiger partial charge in [-0.25, -0.2) is 0 Å². The summed E-state index contributed by atoms with van der Waals surface area (Å²) in [5.74, 6) is 0. The third kappa shape index (κ3) is 2.75. The highest BCUT2D eigenvalue weighted by Crippen LogP contribution is 2.38. The van der Waals surface area contributed by atoms with E-state index in [0.29, 0.717) is 21.6 Å². The maximum absolute atomic E-state index is 12.8. The number of fused-ring (bicyclic) bond motifs is 1. The van der Waals surface area contributed by atoms with Gasteiger partial charge in [0, 0.05) is 20.9 Å². The average Bonchev–Trinajstić information content (AvgIpc) is 2.74. The number of H-pyrrole nitrogens is 1. The number of aromatic amines is 1. The van der Waals surface area contributed by atoms with Crippen LogP contribution in [0, 0.1) is 6.92 Å². The predicted octanol–water partition coefficient (Wildman–Crippen LogP) is 6.58. The SMILES string of the molecule is Cc1cc(Br)cc(-c2[nH]c3ccc(C(F)(F)F)cc3c2Cl)c1. The van der Waals surface area contributed by atoms with Gasteiger partial charge in [0.2, 0.25) is 0 Å². The molecule has 0 spiro atoms. The van der Waals surface area contributed by atoms with E-state index in [0.717, 1.165) is 27.7 Å². The van der Waals surface area contributed by atoms with Gasteiger partial charge in [-0.3, -0.25) is 0 Å². The van der Waals surface area contributed by atoms with Crippen LogP contribution in [0.5, 0.6) is 0 Å². The molecule has 3 rings (SSSR count). The Morgan fingerprint density at radius 2 is 1.82 bits per heavy atom. The summed E-state index contributed by atoms with van der Waals surface area (Å²) in [6, 6.07) is 9.26. The Kier molecular flexibility index (Phi) is 3.73. The molecule has 0 aliphatic rings. The van der Waals surface area contributed by atoms with Crippen molar-refractivity contribution in [2.24, 2.45) is 0 Å². The monoisotopic (exact) mass is 387 g/mol. The van der Waals surface area contributed by atoms with Gasteiger partial charge in [-0.1, -0.05) is 27.5 Å². The van der Waals surface area contributed by atoms with Crippen LogP contribution < -0.4 is 0 Å². The Bertz CT molecular complexity index is 847. The number of hydrogen-bond acceptors (Lipinski definition) is 0. The number of halogens is 5. The number of nitrogens with one attached hydrogen (secondary N) is 1. The third-order valence-corrected chi connectivity index (χ3v) is 4.24. The molecule has 0 aliphatic heterocycles. The van der Waals surface area contributed by atoms with Gasteiger partial charge < -0.3 is 4.98 Å². The molecule has 3 aromatic rings. The van der Waals surface area contributed by atoms with Gasteiger partial charge >= 0.3 is 6.18 Å². The number of aromatic nitrogens is 1. The Balaban J connectivity index is 2.22. The minimum Gasteiger partial charge on any atom is -0.353 e. The summed E-state index contributed by atoms with van der Waals surface area (Å²) in [6.07, 6.45) is -4.39. The van der Waals surface area contributed by atoms with Gasteiger partial charge in [-0.05, 0) is 48.9 Å². The molecule has 0 aliphatic carbocycles. The standard InChI is InChI=1S/C16H10BrClF3N/c1-8-4-9(6-11(17)5-8)15-14(18)12-7-10(16(19,20)21)2-3-13(12)22-15/h2-7,22H,1H3. The Morgan fingerprint density at radius 1 is 1.09 bits per heavy atom. The molecule has 6 heteroatoms. The van der Waals surface area contributed by atoms with Crippen LogP contribution in [-0.2, 0) is 6.18 Å². The van der Waals surface area contributed by atoms with Crippen molar-refractivity contribution >= 4 is 38.4 Å². The number of aryl methyl sites for hydroxylation is 1. The van der Waals surface area contributed by atoms with E-state index in [9.17, 15) is 13.2 Å². The number of rotatable bonds is 1. The predicted molar refractivity (Wildman–Crippen MR) is 86.2 cm³/mol. The van der Waals surface area contributed by atoms with Gasteiger partial charge in [0.05, 0.1) is 16.3 Å². The maximum Gasteiger partial charge on any atom is 0.416 e. The second kappa shape index (κ2) is 5.32. The largest absolute Gasteiger partial charge is 0.416 e. The fourth-order valence-electron chi connectivity index (χ4n) is 2.41. The summed E-state index contributed by atoms with van der Waals surface area (Å²) >= 11 is 9.72. The van der Waals surface area contributed by atoms with Crippen LogP contribution in [0.3, 0.4) is 0 Å². The van der Waals surface area contributed by atoms with Crippen molar-refractivity contribution in [1.29, 1.82) is 0 Å². The fourth-order valence-corrected chi connectivity index (χ4v) is 3.34. The molecule has 0 bridgehead atoms. The van der Waals surface area contributed by atoms with E-state index in [1.807, 2.05) is 25.1 Å². The summed E-state index contributed by atoms with van der Waals surface area (Å²) < 4.78 is 39.4. The van der Waals surface area contributed by atoms with E-state index in [-0.39, 0.29) is 0 Å². The van der Waals surface area contributed by atoms with Gasteiger partial charge in [0.15, 0.2) is 0 Å². The normalized spacial score (nSPS) is 12.1. The molecule has 0 saturated carbocycles. The summed E-state index contributed by atoms with van der Waals surface area (Å²) in [5, 5.41) is 0.655. The lowest BCUT2D eigenvalue weighted by atomic mass is 10.1. The van der Waals surface area contributed by atoms with Gasteiger partial charge in [0.25, 0.3) is 0 Å². The molecule has 1 N–H and O–H groups in total. The number of benzene rings is 2. The van der Waals surface area contributed by atoms with Crippen molar-refractivity contribution in [3.05, 3.63) is 57.0 Å². The van der Waals surface area contributed by atoms with Crippen LogP contribution in [-0.4, -0.2) is 4.98 Å². The minimum absolute atomic E-state index is 0.290. The van der Waals surface area contributed by atoms with Crippen molar-refractivity contribution in [3.63, 3.8) is 0 Å². The molecule has 0 saturated heterocycles. The molecular weight excluding hydrogens is 379 g/mol. The van der Waals surface area contributed by atoms with Crippen molar-refractivity contribution in [2.75, 3.05) is 0 Å². The fraction of sp³-hybridized carbons (Fsp3) is 0.125. The van der Waals surface area contributed by atoms with Gasteiger partial charge in [-0.15, -0.1) is 0 Å². The molecule has 0 fully saturated rings. The average molecular weight is 389 g/mol. The molecule has 0 atom stereocenters. The number of hydrogen-bond donors (Lipinski definition) is 1. The van der Waals surface area contributed by atoms with Crippen LogP contribution in [0.2, 0.25) is 5.02 Å². The second-order valence-electron chi connectivity index (χ2n) is 5.09. The van der Waals surface area contributed by atoms with E-state index < -0.39 is 11.7 Å². The van der Waals surface area contributed by atoms with Crippen molar-refractivity contribution in [3.8, 4) is 11.3 Å². The highest BCUT2D eigenvalue weighted by molar-refractivity contribution is 9.10. The maximum atomic E-state index is 12.8. The molecule has 0 amide bonds. The lowest BCUT2D eigenvalue weighted by Gasteiger charge is -2.05. The van der Waals surface area contributed by atoms with E-state index in [2.05, 4.69) is 20.9 Å². The first kappa shape index (κ1) is 15.4. The molecule has 1 nitrogen and oxygen atoms in total. The molecule has 22 heavy (non-hydrogen) atoms. The van der Waals surface area contributed by atoms with Crippen LogP contribution in [0.25, 0.3) is 22.2 Å². The Labute approximate surface area is 138 Å². The summed E-state index contributed by atoms with van der Waals surface area (Å²) in [4.78, 5) is 3.09. The van der Waals surface area contributed by atoms with E-state index in [1.54, 1.807) is 0 Å². The lowest BCUT2D eigenvalue weighted by molar-refractivity contribution is -0.137. The minimum atomic E-state index is -4.39. The van der Waals surface area contributed by atoms with Crippen LogP contribution >= 0.6 is 27.5 Å². The van der Waals surface area contributed by atoms with E-state index in [1.165, 1.54) is 6.07 Å². The molecule has 2 aromatic carbocycles.